The smallest absolute Gasteiger partial charge is 0.351 e. The van der Waals surface area contributed by atoms with Crippen LogP contribution in [0.3, 0.4) is 0 Å². The maximum Gasteiger partial charge on any atom is 0.351 e. The summed E-state index contributed by atoms with van der Waals surface area (Å²) >= 11 is 0. The largest absolute Gasteiger partial charge is 0.388 e. The quantitative estimate of drug-likeness (QED) is 0.483. The summed E-state index contributed by atoms with van der Waals surface area (Å²) in [7, 11) is 3.64. The number of likely N-dealkylation sites (N-methyl/N-ethyl adjacent to an activating group) is 1. The number of carbonyl (C=O) groups excluding carboxylic acids is 1. The Morgan fingerprint density at radius 2 is 1.94 bits per heavy atom. The van der Waals surface area contributed by atoms with Gasteiger partial charge in [-0.25, -0.2) is 4.79 Å². The lowest BCUT2D eigenvalue weighted by Gasteiger charge is -2.46. The summed E-state index contributed by atoms with van der Waals surface area (Å²) in [6.07, 6.45) is -1.10. The Balaban J connectivity index is 1.57. The van der Waals surface area contributed by atoms with Crippen molar-refractivity contribution >= 4 is 11.7 Å². The van der Waals surface area contributed by atoms with E-state index in [9.17, 15) is 19.8 Å². The molecule has 2 aliphatic rings. The molecule has 8 atom stereocenters. The van der Waals surface area contributed by atoms with Gasteiger partial charge >= 0.3 is 5.69 Å². The maximum absolute atomic E-state index is 12.6. The predicted octanol–water partition coefficient (Wildman–Crippen LogP) is 1.10. The highest BCUT2D eigenvalue weighted by Gasteiger charge is 2.46. The van der Waals surface area contributed by atoms with E-state index in [-0.39, 0.29) is 30.0 Å². The lowest BCUT2D eigenvalue weighted by molar-refractivity contribution is -0.310. The van der Waals surface area contributed by atoms with Crippen LogP contribution in [0.5, 0.6) is 0 Å². The number of amides is 1. The minimum absolute atomic E-state index is 0.172. The molecule has 1 amide bonds. The Hall–Kier alpha value is -1.89. The molecular weight excluding hydrogens is 456 g/mol. The second kappa shape index (κ2) is 11.9. The van der Waals surface area contributed by atoms with Gasteiger partial charge in [0.05, 0.1) is 24.4 Å². The van der Waals surface area contributed by atoms with Crippen LogP contribution in [0.15, 0.2) is 17.1 Å². The Morgan fingerprint density at radius 3 is 2.54 bits per heavy atom. The Bertz CT molecular complexity index is 908. The topological polar surface area (TPSA) is 135 Å². The van der Waals surface area contributed by atoms with E-state index < -0.39 is 36.5 Å². The van der Waals surface area contributed by atoms with Gasteiger partial charge in [0.15, 0.2) is 6.29 Å². The van der Waals surface area contributed by atoms with E-state index in [1.165, 1.54) is 4.57 Å². The molecule has 1 aromatic heterocycles. The van der Waals surface area contributed by atoms with Gasteiger partial charge in [0.1, 0.15) is 24.3 Å². The van der Waals surface area contributed by atoms with Crippen LogP contribution >= 0.6 is 0 Å². The van der Waals surface area contributed by atoms with Crippen LogP contribution in [-0.4, -0.2) is 87.5 Å². The molecule has 2 fully saturated rings. The average molecular weight is 497 g/mol. The fraction of sp³-hybridized carbons (Fsp3) is 0.792. The van der Waals surface area contributed by atoms with Crippen molar-refractivity contribution in [2.45, 2.75) is 102 Å². The standard InChI is InChI=1S/C24H40N4O7/c1-13(2)7-9-18(29)25-17-11-12-28(24(32)26-17)19-10-8-16(14(3)33-19)35-23-22(31)21(30)20(27(5)6)15(4)34-23/h11-16,19-23,30-31H,7-10H2,1-6H3,(H,25,26,29,32). The highest BCUT2D eigenvalue weighted by Crippen LogP contribution is 2.32. The summed E-state index contributed by atoms with van der Waals surface area (Å²) in [6.45, 7) is 7.75. The number of nitrogens with zero attached hydrogens (tertiary/aromatic N) is 3. The van der Waals surface area contributed by atoms with Crippen molar-refractivity contribution in [3.63, 3.8) is 0 Å². The monoisotopic (exact) mass is 496 g/mol. The molecule has 2 saturated heterocycles. The fourth-order valence-electron chi connectivity index (χ4n) is 4.68. The van der Waals surface area contributed by atoms with Crippen LogP contribution in [-0.2, 0) is 19.0 Å². The lowest BCUT2D eigenvalue weighted by atomic mass is 9.96. The first-order chi connectivity index (χ1) is 16.5. The second-order valence-corrected chi connectivity index (χ2v) is 10.2. The molecule has 8 unspecified atom stereocenters. The van der Waals surface area contributed by atoms with Crippen LogP contribution < -0.4 is 11.0 Å². The van der Waals surface area contributed by atoms with Crippen molar-refractivity contribution in [3.05, 3.63) is 22.7 Å². The van der Waals surface area contributed by atoms with Crippen LogP contribution in [0.1, 0.15) is 59.6 Å². The number of anilines is 1. The zero-order chi connectivity index (χ0) is 25.9. The molecule has 0 radical (unpaired) electrons. The van der Waals surface area contributed by atoms with Crippen LogP contribution in [0.2, 0.25) is 0 Å². The minimum Gasteiger partial charge on any atom is -0.388 e. The number of rotatable bonds is 8. The van der Waals surface area contributed by atoms with Gasteiger partial charge in [0, 0.05) is 12.6 Å². The molecule has 3 rings (SSSR count). The van der Waals surface area contributed by atoms with Crippen molar-refractivity contribution < 1.29 is 29.2 Å². The van der Waals surface area contributed by atoms with E-state index in [1.54, 1.807) is 12.3 Å². The van der Waals surface area contributed by atoms with E-state index in [0.29, 0.717) is 25.2 Å². The summed E-state index contributed by atoms with van der Waals surface area (Å²) in [5, 5.41) is 23.8. The van der Waals surface area contributed by atoms with Crippen LogP contribution in [0, 0.1) is 5.92 Å². The first-order valence-electron chi connectivity index (χ1n) is 12.4. The zero-order valence-electron chi connectivity index (χ0n) is 21.5. The van der Waals surface area contributed by atoms with Crippen molar-refractivity contribution in [1.82, 2.24) is 14.5 Å². The number of nitrogens with one attached hydrogen (secondary N) is 1. The molecule has 0 spiro atoms. The zero-order valence-corrected chi connectivity index (χ0v) is 21.5. The SMILES string of the molecule is CC(C)CCC(=O)Nc1ccn(C2CCC(OC3OC(C)C(N(C)C)C(O)C3O)C(C)O2)c(=O)n1. The molecule has 0 aromatic carbocycles. The van der Waals surface area contributed by atoms with Gasteiger partial charge in [-0.1, -0.05) is 13.8 Å². The number of hydrogen-bond acceptors (Lipinski definition) is 9. The number of aliphatic hydroxyl groups excluding tert-OH is 2. The summed E-state index contributed by atoms with van der Waals surface area (Å²) in [4.78, 5) is 30.4. The third kappa shape index (κ3) is 6.87. The Kier molecular flexibility index (Phi) is 9.41. The molecule has 3 N–H and O–H groups in total. The van der Waals surface area contributed by atoms with Gasteiger partial charge in [0.2, 0.25) is 5.91 Å². The fourth-order valence-corrected chi connectivity index (χ4v) is 4.68. The lowest BCUT2D eigenvalue weighted by Crippen LogP contribution is -2.62. The first kappa shape index (κ1) is 27.7. The van der Waals surface area contributed by atoms with E-state index >= 15 is 0 Å². The molecule has 2 aliphatic heterocycles. The van der Waals surface area contributed by atoms with Crippen molar-refractivity contribution in [2.75, 3.05) is 19.4 Å². The molecule has 35 heavy (non-hydrogen) atoms. The van der Waals surface area contributed by atoms with Crippen LogP contribution in [0.25, 0.3) is 0 Å². The Labute approximate surface area is 206 Å². The van der Waals surface area contributed by atoms with Gasteiger partial charge in [-0.2, -0.15) is 4.98 Å². The third-order valence-electron chi connectivity index (χ3n) is 6.66. The van der Waals surface area contributed by atoms with E-state index in [1.807, 2.05) is 46.7 Å². The van der Waals surface area contributed by atoms with Gasteiger partial charge in [-0.05, 0) is 59.2 Å². The van der Waals surface area contributed by atoms with Gasteiger partial charge in [0.25, 0.3) is 0 Å². The molecule has 1 aromatic rings. The molecule has 3 heterocycles. The molecular formula is C24H40N4O7. The van der Waals surface area contributed by atoms with E-state index in [0.717, 1.165) is 6.42 Å². The molecule has 0 bridgehead atoms. The van der Waals surface area contributed by atoms with E-state index in [4.69, 9.17) is 14.2 Å². The first-order valence-corrected chi connectivity index (χ1v) is 12.4. The summed E-state index contributed by atoms with van der Waals surface area (Å²) in [6, 6.07) is 1.23. The second-order valence-electron chi connectivity index (χ2n) is 10.2. The normalized spacial score (nSPS) is 33.8. The van der Waals surface area contributed by atoms with Gasteiger partial charge in [-0.3, -0.25) is 9.36 Å². The van der Waals surface area contributed by atoms with Crippen molar-refractivity contribution in [2.24, 2.45) is 5.92 Å². The minimum atomic E-state index is -1.20. The Morgan fingerprint density at radius 1 is 1.23 bits per heavy atom. The van der Waals surface area contributed by atoms with Crippen molar-refractivity contribution in [3.8, 4) is 0 Å². The predicted molar refractivity (Wildman–Crippen MR) is 129 cm³/mol. The number of aliphatic hydroxyl groups is 2. The number of carbonyl (C=O) groups is 1. The number of ether oxygens (including phenoxy) is 3. The molecule has 11 heteroatoms. The maximum atomic E-state index is 12.6. The summed E-state index contributed by atoms with van der Waals surface area (Å²) in [5.41, 5.74) is -0.513. The molecule has 11 nitrogen and oxygen atoms in total. The summed E-state index contributed by atoms with van der Waals surface area (Å²) < 4.78 is 19.3. The van der Waals surface area contributed by atoms with Gasteiger partial charge in [-0.15, -0.1) is 0 Å². The highest BCUT2D eigenvalue weighted by atomic mass is 16.7. The molecule has 0 aliphatic carbocycles. The molecule has 0 saturated carbocycles. The summed E-state index contributed by atoms with van der Waals surface area (Å²) in [5.74, 6) is 0.461. The third-order valence-corrected chi connectivity index (χ3v) is 6.66. The average Bonchev–Trinajstić information content (AvgIpc) is 2.77. The molecule has 198 valence electrons. The van der Waals surface area contributed by atoms with E-state index in [2.05, 4.69) is 10.3 Å². The van der Waals surface area contributed by atoms with Crippen molar-refractivity contribution in [1.29, 1.82) is 0 Å². The highest BCUT2D eigenvalue weighted by molar-refractivity contribution is 5.89. The number of aromatic nitrogens is 2. The van der Waals surface area contributed by atoms with Gasteiger partial charge < -0.3 is 34.6 Å². The van der Waals surface area contributed by atoms with Crippen LogP contribution in [0.4, 0.5) is 5.82 Å². The number of hydrogen-bond donors (Lipinski definition) is 3.